The lowest BCUT2D eigenvalue weighted by molar-refractivity contribution is 0.568. The van der Waals surface area contributed by atoms with Gasteiger partial charge in [-0.1, -0.05) is 39.0 Å². The van der Waals surface area contributed by atoms with Gasteiger partial charge in [0.1, 0.15) is 0 Å². The Kier molecular flexibility index (Phi) is 4.87. The zero-order valence-corrected chi connectivity index (χ0v) is 12.6. The van der Waals surface area contributed by atoms with Gasteiger partial charge < -0.3 is 10.6 Å². The molecule has 0 saturated heterocycles. The average Bonchev–Trinajstić information content (AvgIpc) is 3.23. The number of anilines is 1. The summed E-state index contributed by atoms with van der Waals surface area (Å²) in [4.78, 5) is 2.60. The maximum atomic E-state index is 6.28. The number of hydrogen-bond donors (Lipinski definition) is 1. The van der Waals surface area contributed by atoms with Crippen molar-refractivity contribution in [2.45, 2.75) is 58.5 Å². The molecule has 2 rings (SSSR count). The van der Waals surface area contributed by atoms with Crippen LogP contribution in [0.1, 0.15) is 58.1 Å². The van der Waals surface area contributed by atoms with E-state index in [1.807, 2.05) is 0 Å². The molecule has 0 aliphatic heterocycles. The van der Waals surface area contributed by atoms with Gasteiger partial charge in [-0.15, -0.1) is 0 Å². The van der Waals surface area contributed by atoms with Gasteiger partial charge in [0.05, 0.1) is 0 Å². The lowest BCUT2D eigenvalue weighted by atomic mass is 10.0. The predicted octanol–water partition coefficient (Wildman–Crippen LogP) is 4.11. The third kappa shape index (κ3) is 3.73. The highest BCUT2D eigenvalue weighted by Gasteiger charge is 2.30. The second kappa shape index (κ2) is 6.42. The van der Waals surface area contributed by atoms with E-state index in [0.717, 1.165) is 24.9 Å². The largest absolute Gasteiger partial charge is 0.368 e. The molecule has 106 valence electrons. The van der Waals surface area contributed by atoms with E-state index in [2.05, 4.69) is 49.9 Å². The van der Waals surface area contributed by atoms with E-state index in [9.17, 15) is 0 Å². The van der Waals surface area contributed by atoms with E-state index in [-0.39, 0.29) is 6.04 Å². The Morgan fingerprint density at radius 2 is 1.95 bits per heavy atom. The molecule has 1 atom stereocenters. The highest BCUT2D eigenvalue weighted by atomic mass is 15.2. The molecular weight excluding hydrogens is 232 g/mol. The Labute approximate surface area is 118 Å². The average molecular weight is 260 g/mol. The molecule has 0 aromatic heterocycles. The summed E-state index contributed by atoms with van der Waals surface area (Å²) in [6.07, 6.45) is 4.94. The molecule has 0 heterocycles. The molecule has 19 heavy (non-hydrogen) atoms. The first-order chi connectivity index (χ1) is 9.13. The molecule has 1 unspecified atom stereocenters. The Bertz CT molecular complexity index is 396. The van der Waals surface area contributed by atoms with E-state index in [4.69, 9.17) is 5.73 Å². The Hall–Kier alpha value is -1.02. The van der Waals surface area contributed by atoms with Crippen LogP contribution in [0.2, 0.25) is 0 Å². The lowest BCUT2D eigenvalue weighted by Gasteiger charge is -2.29. The fraction of sp³-hybridized carbons (Fsp3) is 0.647. The molecule has 1 aliphatic carbocycles. The van der Waals surface area contributed by atoms with E-state index >= 15 is 0 Å². The molecule has 0 spiro atoms. The van der Waals surface area contributed by atoms with Crippen LogP contribution < -0.4 is 10.6 Å². The molecule has 1 aromatic rings. The van der Waals surface area contributed by atoms with Crippen molar-refractivity contribution in [3.05, 3.63) is 29.8 Å². The topological polar surface area (TPSA) is 29.3 Å². The molecule has 0 radical (unpaired) electrons. The van der Waals surface area contributed by atoms with Crippen LogP contribution in [0.5, 0.6) is 0 Å². The summed E-state index contributed by atoms with van der Waals surface area (Å²) >= 11 is 0. The standard InChI is InChI=1S/C17H28N2/c1-4-16(18)15-7-5-6-8-17(15)19(14-9-10-14)12-11-13(2)3/h5-8,13-14,16H,4,9-12,18H2,1-3H3. The van der Waals surface area contributed by atoms with Gasteiger partial charge in [-0.25, -0.2) is 0 Å². The highest BCUT2D eigenvalue weighted by Crippen LogP contribution is 2.36. The first kappa shape index (κ1) is 14.4. The lowest BCUT2D eigenvalue weighted by Crippen LogP contribution is -2.29. The van der Waals surface area contributed by atoms with Gasteiger partial charge in [-0.3, -0.25) is 0 Å². The summed E-state index contributed by atoms with van der Waals surface area (Å²) in [7, 11) is 0. The maximum Gasteiger partial charge on any atom is 0.0417 e. The van der Waals surface area contributed by atoms with Crippen LogP contribution in [0, 0.1) is 5.92 Å². The van der Waals surface area contributed by atoms with Gasteiger partial charge in [0.2, 0.25) is 0 Å². The third-order valence-corrected chi connectivity index (χ3v) is 4.02. The van der Waals surface area contributed by atoms with Crippen LogP contribution in [0.25, 0.3) is 0 Å². The van der Waals surface area contributed by atoms with Crippen LogP contribution >= 0.6 is 0 Å². The fourth-order valence-corrected chi connectivity index (χ4v) is 2.57. The maximum absolute atomic E-state index is 6.28. The second-order valence-corrected chi connectivity index (χ2v) is 6.18. The van der Waals surface area contributed by atoms with Crippen LogP contribution in [0.4, 0.5) is 5.69 Å². The van der Waals surface area contributed by atoms with Gasteiger partial charge in [-0.05, 0) is 43.2 Å². The van der Waals surface area contributed by atoms with Crippen molar-refractivity contribution in [1.29, 1.82) is 0 Å². The number of para-hydroxylation sites is 1. The van der Waals surface area contributed by atoms with Crippen LogP contribution in [0.15, 0.2) is 24.3 Å². The zero-order chi connectivity index (χ0) is 13.8. The van der Waals surface area contributed by atoms with Gasteiger partial charge in [0.15, 0.2) is 0 Å². The molecule has 2 nitrogen and oxygen atoms in total. The smallest absolute Gasteiger partial charge is 0.0417 e. The normalized spacial score (nSPS) is 16.7. The van der Waals surface area contributed by atoms with E-state index in [1.165, 1.54) is 30.5 Å². The van der Waals surface area contributed by atoms with Crippen LogP contribution in [-0.4, -0.2) is 12.6 Å². The minimum Gasteiger partial charge on any atom is -0.368 e. The third-order valence-electron chi connectivity index (χ3n) is 4.02. The summed E-state index contributed by atoms with van der Waals surface area (Å²) < 4.78 is 0. The summed E-state index contributed by atoms with van der Waals surface area (Å²) in [5.41, 5.74) is 8.98. The number of nitrogens with zero attached hydrogens (tertiary/aromatic N) is 1. The molecule has 0 bridgehead atoms. The molecule has 2 N–H and O–H groups in total. The van der Waals surface area contributed by atoms with Crippen molar-refractivity contribution >= 4 is 5.69 Å². The molecule has 1 aliphatic rings. The van der Waals surface area contributed by atoms with Gasteiger partial charge >= 0.3 is 0 Å². The van der Waals surface area contributed by atoms with Crippen molar-refractivity contribution in [3.63, 3.8) is 0 Å². The van der Waals surface area contributed by atoms with E-state index in [0.29, 0.717) is 0 Å². The van der Waals surface area contributed by atoms with Crippen molar-refractivity contribution in [2.75, 3.05) is 11.4 Å². The predicted molar refractivity (Wildman–Crippen MR) is 83.5 cm³/mol. The number of benzene rings is 1. The van der Waals surface area contributed by atoms with Gasteiger partial charge in [0, 0.05) is 24.3 Å². The monoisotopic (exact) mass is 260 g/mol. The Morgan fingerprint density at radius 1 is 1.26 bits per heavy atom. The highest BCUT2D eigenvalue weighted by molar-refractivity contribution is 5.56. The van der Waals surface area contributed by atoms with Crippen molar-refractivity contribution in [1.82, 2.24) is 0 Å². The van der Waals surface area contributed by atoms with Crippen molar-refractivity contribution in [3.8, 4) is 0 Å². The minimum atomic E-state index is 0.163. The SMILES string of the molecule is CCC(N)c1ccccc1N(CCC(C)C)C1CC1. The first-order valence-corrected chi connectivity index (χ1v) is 7.74. The molecule has 1 aromatic carbocycles. The summed E-state index contributed by atoms with van der Waals surface area (Å²) in [5.74, 6) is 0.758. The Morgan fingerprint density at radius 3 is 2.53 bits per heavy atom. The second-order valence-electron chi connectivity index (χ2n) is 6.18. The van der Waals surface area contributed by atoms with E-state index in [1.54, 1.807) is 0 Å². The summed E-state index contributed by atoms with van der Waals surface area (Å²) in [5, 5.41) is 0. The molecule has 1 saturated carbocycles. The molecule has 0 amide bonds. The number of rotatable bonds is 7. The zero-order valence-electron chi connectivity index (χ0n) is 12.6. The van der Waals surface area contributed by atoms with Crippen molar-refractivity contribution in [2.24, 2.45) is 11.7 Å². The molecular formula is C17H28N2. The summed E-state index contributed by atoms with van der Waals surface area (Å²) in [6, 6.07) is 9.63. The number of nitrogens with two attached hydrogens (primary N) is 1. The van der Waals surface area contributed by atoms with E-state index < -0.39 is 0 Å². The van der Waals surface area contributed by atoms with Gasteiger partial charge in [0.25, 0.3) is 0 Å². The first-order valence-electron chi connectivity index (χ1n) is 7.74. The van der Waals surface area contributed by atoms with Gasteiger partial charge in [-0.2, -0.15) is 0 Å². The van der Waals surface area contributed by atoms with Crippen molar-refractivity contribution < 1.29 is 0 Å². The molecule has 1 fully saturated rings. The minimum absolute atomic E-state index is 0.163. The van der Waals surface area contributed by atoms with Crippen LogP contribution in [0.3, 0.4) is 0 Å². The summed E-state index contributed by atoms with van der Waals surface area (Å²) in [6.45, 7) is 7.93. The quantitative estimate of drug-likeness (QED) is 0.799. The number of hydrogen-bond acceptors (Lipinski definition) is 2. The fourth-order valence-electron chi connectivity index (χ4n) is 2.57. The van der Waals surface area contributed by atoms with Crippen LogP contribution in [-0.2, 0) is 0 Å². The molecule has 2 heteroatoms. The Balaban J connectivity index is 2.20.